The van der Waals surface area contributed by atoms with Crippen molar-refractivity contribution in [1.82, 2.24) is 4.31 Å². The van der Waals surface area contributed by atoms with Crippen LogP contribution in [0.2, 0.25) is 0 Å². The molecule has 0 bridgehead atoms. The largest absolute Gasteiger partial charge is 0.478 e. The average Bonchev–Trinajstić information content (AvgIpc) is 2.38. The van der Waals surface area contributed by atoms with Gasteiger partial charge >= 0.3 is 5.97 Å². The molecule has 0 spiro atoms. The Bertz CT molecular complexity index is 582. The fourth-order valence-corrected chi connectivity index (χ4v) is 4.16. The maximum Gasteiger partial charge on any atom is 0.335 e. The number of nitrogens with zero attached hydrogens (tertiary/aromatic N) is 1. The Hall–Kier alpha value is -0.960. The van der Waals surface area contributed by atoms with Gasteiger partial charge in [-0.3, -0.25) is 0 Å². The minimum Gasteiger partial charge on any atom is -0.478 e. The lowest BCUT2D eigenvalue weighted by Gasteiger charge is -2.21. The van der Waals surface area contributed by atoms with Crippen molar-refractivity contribution in [3.8, 4) is 0 Å². The van der Waals surface area contributed by atoms with Gasteiger partial charge in [0.2, 0.25) is 10.0 Å². The van der Waals surface area contributed by atoms with E-state index < -0.39 is 16.0 Å². The zero-order chi connectivity index (χ0) is 15.3. The number of carboxylic acids is 1. The Balaban J connectivity index is 3.32. The van der Waals surface area contributed by atoms with Crippen molar-refractivity contribution in [3.05, 3.63) is 28.2 Å². The lowest BCUT2D eigenvalue weighted by atomic mass is 10.2. The molecule has 0 radical (unpaired) electrons. The maximum absolute atomic E-state index is 12.5. The van der Waals surface area contributed by atoms with Gasteiger partial charge in [-0.05, 0) is 40.5 Å². The van der Waals surface area contributed by atoms with Crippen LogP contribution < -0.4 is 0 Å². The smallest absolute Gasteiger partial charge is 0.335 e. The number of carboxylic acid groups (broad SMARTS) is 1. The summed E-state index contributed by atoms with van der Waals surface area (Å²) in [6, 6.07) is 3.82. The van der Waals surface area contributed by atoms with Crippen LogP contribution in [-0.2, 0) is 10.0 Å². The standard InChI is InChI=1S/C12H16BrNO5S/c1-2-5-14(6-7-15)20(18,19)11-8-9(12(16)17)3-4-10(11)13/h3-4,8,15H,2,5-7H2,1H3,(H,16,17). The minimum absolute atomic E-state index is 0.0279. The number of aliphatic hydroxyl groups excluding tert-OH is 1. The summed E-state index contributed by atoms with van der Waals surface area (Å²) >= 11 is 3.12. The van der Waals surface area contributed by atoms with Crippen LogP contribution in [0.15, 0.2) is 27.6 Å². The quantitative estimate of drug-likeness (QED) is 0.763. The highest BCUT2D eigenvalue weighted by molar-refractivity contribution is 9.10. The lowest BCUT2D eigenvalue weighted by molar-refractivity contribution is 0.0696. The number of aliphatic hydroxyl groups is 1. The number of aromatic carboxylic acids is 1. The zero-order valence-electron chi connectivity index (χ0n) is 10.9. The third-order valence-corrected chi connectivity index (χ3v) is 5.51. The second-order valence-corrected chi connectivity index (χ2v) is 6.84. The second kappa shape index (κ2) is 7.16. The van der Waals surface area contributed by atoms with Gasteiger partial charge in [0.1, 0.15) is 0 Å². The molecule has 0 atom stereocenters. The first kappa shape index (κ1) is 17.1. The van der Waals surface area contributed by atoms with Gasteiger partial charge in [-0.1, -0.05) is 6.92 Å². The first-order valence-electron chi connectivity index (χ1n) is 5.98. The van der Waals surface area contributed by atoms with Gasteiger partial charge in [0.05, 0.1) is 17.1 Å². The number of hydrogen-bond donors (Lipinski definition) is 2. The van der Waals surface area contributed by atoms with Crippen molar-refractivity contribution < 1.29 is 23.4 Å². The summed E-state index contributed by atoms with van der Waals surface area (Å²) < 4.78 is 26.4. The van der Waals surface area contributed by atoms with Crippen molar-refractivity contribution in [2.75, 3.05) is 19.7 Å². The van der Waals surface area contributed by atoms with Crippen LogP contribution in [0.25, 0.3) is 0 Å². The molecule has 0 saturated carbocycles. The molecule has 0 unspecified atom stereocenters. The molecule has 0 heterocycles. The molecular formula is C12H16BrNO5S. The van der Waals surface area contributed by atoms with Gasteiger partial charge in [0, 0.05) is 17.6 Å². The SMILES string of the molecule is CCCN(CCO)S(=O)(=O)c1cc(C(=O)O)ccc1Br. The van der Waals surface area contributed by atoms with Gasteiger partial charge in [-0.15, -0.1) is 0 Å². The number of hydrogen-bond acceptors (Lipinski definition) is 4. The summed E-state index contributed by atoms with van der Waals surface area (Å²) in [5.41, 5.74) is -0.104. The molecule has 0 aliphatic carbocycles. The lowest BCUT2D eigenvalue weighted by Crippen LogP contribution is -2.34. The highest BCUT2D eigenvalue weighted by Gasteiger charge is 2.26. The van der Waals surface area contributed by atoms with E-state index in [1.54, 1.807) is 0 Å². The van der Waals surface area contributed by atoms with Crippen molar-refractivity contribution >= 4 is 31.9 Å². The molecule has 8 heteroatoms. The zero-order valence-corrected chi connectivity index (χ0v) is 13.3. The number of benzene rings is 1. The van der Waals surface area contributed by atoms with E-state index in [0.29, 0.717) is 10.9 Å². The first-order valence-corrected chi connectivity index (χ1v) is 8.21. The topological polar surface area (TPSA) is 94.9 Å². The van der Waals surface area contributed by atoms with E-state index in [2.05, 4.69) is 15.9 Å². The summed E-state index contributed by atoms with van der Waals surface area (Å²) in [5, 5.41) is 17.9. The van der Waals surface area contributed by atoms with E-state index in [0.717, 1.165) is 10.4 Å². The van der Waals surface area contributed by atoms with Crippen LogP contribution in [0.1, 0.15) is 23.7 Å². The molecule has 1 rings (SSSR count). The van der Waals surface area contributed by atoms with Crippen molar-refractivity contribution in [2.24, 2.45) is 0 Å². The molecule has 20 heavy (non-hydrogen) atoms. The van der Waals surface area contributed by atoms with Gasteiger partial charge in [0.25, 0.3) is 0 Å². The molecular weight excluding hydrogens is 350 g/mol. The fraction of sp³-hybridized carbons (Fsp3) is 0.417. The molecule has 0 aliphatic rings. The molecule has 0 aromatic heterocycles. The van der Waals surface area contributed by atoms with E-state index in [4.69, 9.17) is 10.2 Å². The number of carbonyl (C=O) groups is 1. The van der Waals surface area contributed by atoms with E-state index >= 15 is 0 Å². The third-order valence-electron chi connectivity index (χ3n) is 2.62. The van der Waals surface area contributed by atoms with Gasteiger partial charge in [-0.2, -0.15) is 4.31 Å². The highest BCUT2D eigenvalue weighted by Crippen LogP contribution is 2.26. The van der Waals surface area contributed by atoms with Gasteiger partial charge in [0.15, 0.2) is 0 Å². The van der Waals surface area contributed by atoms with Gasteiger partial charge < -0.3 is 10.2 Å². The van der Waals surface area contributed by atoms with E-state index in [1.807, 2.05) is 6.92 Å². The number of rotatable bonds is 7. The molecule has 0 amide bonds. The average molecular weight is 366 g/mol. The summed E-state index contributed by atoms with van der Waals surface area (Å²) in [7, 11) is -3.85. The number of sulfonamides is 1. The van der Waals surface area contributed by atoms with Crippen molar-refractivity contribution in [3.63, 3.8) is 0 Å². The molecule has 0 saturated heterocycles. The van der Waals surface area contributed by atoms with Gasteiger partial charge in [-0.25, -0.2) is 13.2 Å². The Kier molecular flexibility index (Phi) is 6.12. The summed E-state index contributed by atoms with van der Waals surface area (Å²) in [6.45, 7) is 1.75. The normalized spacial score (nSPS) is 11.8. The molecule has 0 fully saturated rings. The van der Waals surface area contributed by atoms with Crippen molar-refractivity contribution in [1.29, 1.82) is 0 Å². The predicted octanol–water partition coefficient (Wildman–Crippen LogP) is 1.54. The molecule has 0 aliphatic heterocycles. The Morgan fingerprint density at radius 3 is 2.50 bits per heavy atom. The summed E-state index contributed by atoms with van der Waals surface area (Å²) in [6.07, 6.45) is 0.593. The van der Waals surface area contributed by atoms with E-state index in [-0.39, 0.29) is 30.2 Å². The Morgan fingerprint density at radius 1 is 1.35 bits per heavy atom. The van der Waals surface area contributed by atoms with Crippen LogP contribution in [0.3, 0.4) is 0 Å². The second-order valence-electron chi connectivity index (χ2n) is 4.08. The maximum atomic E-state index is 12.5. The van der Waals surface area contributed by atoms with Crippen LogP contribution in [0.5, 0.6) is 0 Å². The molecule has 6 nitrogen and oxygen atoms in total. The first-order chi connectivity index (χ1) is 9.34. The predicted molar refractivity (Wildman–Crippen MR) is 77.2 cm³/mol. The summed E-state index contributed by atoms with van der Waals surface area (Å²) in [4.78, 5) is 10.8. The third kappa shape index (κ3) is 3.78. The van der Waals surface area contributed by atoms with Crippen LogP contribution in [-0.4, -0.2) is 48.6 Å². The van der Waals surface area contributed by atoms with Crippen LogP contribution in [0.4, 0.5) is 0 Å². The fourth-order valence-electron chi connectivity index (χ4n) is 1.69. The number of halogens is 1. The molecule has 1 aromatic carbocycles. The summed E-state index contributed by atoms with van der Waals surface area (Å²) in [5.74, 6) is -1.20. The van der Waals surface area contributed by atoms with Crippen molar-refractivity contribution in [2.45, 2.75) is 18.2 Å². The minimum atomic E-state index is -3.85. The van der Waals surface area contributed by atoms with Crippen LogP contribution in [0, 0.1) is 0 Å². The Morgan fingerprint density at radius 2 is 2.00 bits per heavy atom. The molecule has 1 aromatic rings. The molecule has 2 N–H and O–H groups in total. The monoisotopic (exact) mass is 365 g/mol. The molecule has 112 valence electrons. The van der Waals surface area contributed by atoms with Crippen LogP contribution >= 0.6 is 15.9 Å². The van der Waals surface area contributed by atoms with E-state index in [9.17, 15) is 13.2 Å². The van der Waals surface area contributed by atoms with E-state index in [1.165, 1.54) is 12.1 Å². The highest BCUT2D eigenvalue weighted by atomic mass is 79.9. The Labute approximate surface area is 126 Å².